The molecule has 8 rings (SSSR count). The summed E-state index contributed by atoms with van der Waals surface area (Å²) in [5, 5.41) is 5.16. The van der Waals surface area contributed by atoms with Crippen LogP contribution in [0.15, 0.2) is 164 Å². The van der Waals surface area contributed by atoms with Crippen LogP contribution >= 0.6 is 11.3 Å². The van der Waals surface area contributed by atoms with Crippen LogP contribution in [0.2, 0.25) is 0 Å². The molecule has 0 unspecified atom stereocenters. The molecule has 0 aliphatic heterocycles. The number of fused-ring (bicyclic) bond motifs is 4. The molecule has 8 aromatic rings. The highest BCUT2D eigenvalue weighted by molar-refractivity contribution is 7.25. The Hall–Kier alpha value is -5.18. The van der Waals surface area contributed by atoms with Gasteiger partial charge in [-0.2, -0.15) is 0 Å². The molecule has 7 aromatic carbocycles. The molecule has 198 valence electrons. The molecule has 1 aromatic heterocycles. The number of hydrogen-bond donors (Lipinski definition) is 0. The fourth-order valence-corrected chi connectivity index (χ4v) is 7.20. The van der Waals surface area contributed by atoms with E-state index in [1.807, 2.05) is 11.3 Å². The molecule has 0 saturated carbocycles. The second-order valence-electron chi connectivity index (χ2n) is 10.6. The lowest BCUT2D eigenvalue weighted by Crippen LogP contribution is -2.11. The summed E-state index contributed by atoms with van der Waals surface area (Å²) in [4.78, 5) is 2.38. The van der Waals surface area contributed by atoms with Crippen molar-refractivity contribution in [2.75, 3.05) is 4.90 Å². The van der Waals surface area contributed by atoms with E-state index in [4.69, 9.17) is 0 Å². The molecule has 0 fully saturated rings. The monoisotopic (exact) mass is 553 g/mol. The summed E-state index contributed by atoms with van der Waals surface area (Å²) in [7, 11) is 0. The molecule has 1 heterocycles. The van der Waals surface area contributed by atoms with Crippen molar-refractivity contribution in [3.8, 4) is 22.3 Å². The summed E-state index contributed by atoms with van der Waals surface area (Å²) in [6, 6.07) is 59.1. The molecule has 0 aliphatic carbocycles. The first-order chi connectivity index (χ1) is 20.8. The molecule has 0 saturated heterocycles. The van der Waals surface area contributed by atoms with Crippen LogP contribution in [-0.2, 0) is 0 Å². The third-order valence-corrected chi connectivity index (χ3v) is 9.20. The fraction of sp³-hybridized carbons (Fsp3) is 0. The molecule has 1 nitrogen and oxygen atoms in total. The van der Waals surface area contributed by atoms with Gasteiger partial charge in [-0.25, -0.2) is 0 Å². The smallest absolute Gasteiger partial charge is 0.0540 e. The second-order valence-corrected chi connectivity index (χ2v) is 11.7. The van der Waals surface area contributed by atoms with E-state index in [0.29, 0.717) is 0 Å². The normalized spacial score (nSPS) is 11.3. The Morgan fingerprint density at radius 1 is 0.405 bits per heavy atom. The molecule has 0 amide bonds. The molecule has 0 atom stereocenters. The van der Waals surface area contributed by atoms with E-state index in [9.17, 15) is 0 Å². The van der Waals surface area contributed by atoms with Crippen LogP contribution in [0.1, 0.15) is 0 Å². The van der Waals surface area contributed by atoms with Crippen LogP contribution in [-0.4, -0.2) is 0 Å². The van der Waals surface area contributed by atoms with Gasteiger partial charge in [0.2, 0.25) is 0 Å². The summed E-state index contributed by atoms with van der Waals surface area (Å²) in [6.45, 7) is 0. The van der Waals surface area contributed by atoms with Crippen molar-refractivity contribution < 1.29 is 0 Å². The lowest BCUT2D eigenvalue weighted by atomic mass is 9.96. The van der Waals surface area contributed by atoms with E-state index in [0.717, 1.165) is 17.1 Å². The van der Waals surface area contributed by atoms with Gasteiger partial charge in [-0.1, -0.05) is 115 Å². The molecular formula is C40H27NS. The standard InChI is InChI=1S/C40H27NS/c1-2-13-32(14-3-1)41(33-25-23-29(24-26-33)31-22-21-28-11-4-5-12-30(28)27-31)37-18-8-6-15-34(37)35-17-10-20-39-40(35)36-16-7-9-19-38(36)42-39/h1-27H. The van der Waals surface area contributed by atoms with E-state index in [1.54, 1.807) is 0 Å². The first kappa shape index (κ1) is 24.6. The van der Waals surface area contributed by atoms with Crippen LogP contribution in [0.4, 0.5) is 17.1 Å². The van der Waals surface area contributed by atoms with Gasteiger partial charge in [0.05, 0.1) is 5.69 Å². The Kier molecular flexibility index (Phi) is 6.05. The van der Waals surface area contributed by atoms with Crippen LogP contribution in [0.25, 0.3) is 53.2 Å². The van der Waals surface area contributed by atoms with E-state index >= 15 is 0 Å². The number of benzene rings is 7. The topological polar surface area (TPSA) is 3.24 Å². The first-order valence-electron chi connectivity index (χ1n) is 14.3. The SMILES string of the molecule is c1ccc(N(c2ccc(-c3ccc4ccccc4c3)cc2)c2ccccc2-c2cccc3sc4ccccc4c23)cc1. The number of nitrogens with zero attached hydrogens (tertiary/aromatic N) is 1. The molecule has 0 spiro atoms. The van der Waals surface area contributed by atoms with E-state index in [2.05, 4.69) is 169 Å². The molecule has 0 aliphatic rings. The summed E-state index contributed by atoms with van der Waals surface area (Å²) < 4.78 is 2.64. The molecule has 0 bridgehead atoms. The van der Waals surface area contributed by atoms with Crippen molar-refractivity contribution in [1.29, 1.82) is 0 Å². The number of thiophene rings is 1. The largest absolute Gasteiger partial charge is 0.310 e. The zero-order valence-electron chi connectivity index (χ0n) is 22.9. The third kappa shape index (κ3) is 4.25. The van der Waals surface area contributed by atoms with Crippen molar-refractivity contribution in [3.05, 3.63) is 164 Å². The summed E-state index contributed by atoms with van der Waals surface area (Å²) >= 11 is 1.86. The van der Waals surface area contributed by atoms with Crippen molar-refractivity contribution in [1.82, 2.24) is 0 Å². The van der Waals surface area contributed by atoms with Gasteiger partial charge in [-0.3, -0.25) is 0 Å². The van der Waals surface area contributed by atoms with Gasteiger partial charge in [0.15, 0.2) is 0 Å². The van der Waals surface area contributed by atoms with E-state index < -0.39 is 0 Å². The predicted octanol–water partition coefficient (Wildman–Crippen LogP) is 12.0. The maximum Gasteiger partial charge on any atom is 0.0540 e. The van der Waals surface area contributed by atoms with Gasteiger partial charge >= 0.3 is 0 Å². The van der Waals surface area contributed by atoms with E-state index in [-0.39, 0.29) is 0 Å². The van der Waals surface area contributed by atoms with Gasteiger partial charge in [-0.15, -0.1) is 11.3 Å². The first-order valence-corrected chi connectivity index (χ1v) is 15.1. The van der Waals surface area contributed by atoms with Crippen LogP contribution < -0.4 is 4.90 Å². The number of hydrogen-bond acceptors (Lipinski definition) is 2. The Bertz CT molecular complexity index is 2190. The zero-order chi connectivity index (χ0) is 27.9. The van der Waals surface area contributed by atoms with Crippen LogP contribution in [0, 0.1) is 0 Å². The summed E-state index contributed by atoms with van der Waals surface area (Å²) in [5.74, 6) is 0. The van der Waals surface area contributed by atoms with Crippen molar-refractivity contribution in [2.24, 2.45) is 0 Å². The highest BCUT2D eigenvalue weighted by Crippen LogP contribution is 2.45. The fourth-order valence-electron chi connectivity index (χ4n) is 6.07. The highest BCUT2D eigenvalue weighted by atomic mass is 32.1. The molecule has 2 heteroatoms. The third-order valence-electron chi connectivity index (χ3n) is 8.06. The molecular weight excluding hydrogens is 527 g/mol. The maximum absolute atomic E-state index is 2.38. The van der Waals surface area contributed by atoms with Gasteiger partial charge in [0.25, 0.3) is 0 Å². The van der Waals surface area contributed by atoms with Crippen LogP contribution in [0.3, 0.4) is 0 Å². The number of anilines is 3. The number of para-hydroxylation sites is 2. The minimum Gasteiger partial charge on any atom is -0.310 e. The van der Waals surface area contributed by atoms with Gasteiger partial charge < -0.3 is 4.90 Å². The van der Waals surface area contributed by atoms with Gasteiger partial charge in [-0.05, 0) is 76.0 Å². The second kappa shape index (κ2) is 10.3. The molecule has 0 radical (unpaired) electrons. The van der Waals surface area contributed by atoms with Crippen LogP contribution in [0.5, 0.6) is 0 Å². The summed E-state index contributed by atoms with van der Waals surface area (Å²) in [6.07, 6.45) is 0. The lowest BCUT2D eigenvalue weighted by molar-refractivity contribution is 1.28. The average molecular weight is 554 g/mol. The average Bonchev–Trinajstić information content (AvgIpc) is 3.45. The molecule has 42 heavy (non-hydrogen) atoms. The minimum atomic E-state index is 1.13. The van der Waals surface area contributed by atoms with Crippen molar-refractivity contribution in [2.45, 2.75) is 0 Å². The predicted molar refractivity (Wildman–Crippen MR) is 182 cm³/mol. The van der Waals surface area contributed by atoms with Gasteiger partial charge in [0.1, 0.15) is 0 Å². The zero-order valence-corrected chi connectivity index (χ0v) is 23.8. The maximum atomic E-state index is 2.38. The Morgan fingerprint density at radius 2 is 1.05 bits per heavy atom. The Morgan fingerprint density at radius 3 is 1.93 bits per heavy atom. The van der Waals surface area contributed by atoms with E-state index in [1.165, 1.54) is 53.2 Å². The highest BCUT2D eigenvalue weighted by Gasteiger charge is 2.19. The van der Waals surface area contributed by atoms with Gasteiger partial charge in [0, 0.05) is 37.1 Å². The minimum absolute atomic E-state index is 1.13. The summed E-state index contributed by atoms with van der Waals surface area (Å²) in [5.41, 5.74) is 8.32. The number of rotatable bonds is 5. The lowest BCUT2D eigenvalue weighted by Gasteiger charge is -2.28. The van der Waals surface area contributed by atoms with Crippen molar-refractivity contribution >= 4 is 59.3 Å². The molecule has 0 N–H and O–H groups in total. The van der Waals surface area contributed by atoms with Crippen molar-refractivity contribution in [3.63, 3.8) is 0 Å². The quantitative estimate of drug-likeness (QED) is 0.205. The Balaban J connectivity index is 1.29. The Labute approximate surface area is 249 Å².